The number of fused-ring (bicyclic) bond motifs is 1. The van der Waals surface area contributed by atoms with E-state index in [1.54, 1.807) is 29.6 Å². The minimum absolute atomic E-state index is 0.0791. The molecule has 0 radical (unpaired) electrons. The minimum Gasteiger partial charge on any atom is -0.449 e. The Bertz CT molecular complexity index is 1080. The van der Waals surface area contributed by atoms with E-state index in [0.29, 0.717) is 22.2 Å². The molecule has 5 nitrogen and oxygen atoms in total. The Morgan fingerprint density at radius 1 is 1.10 bits per heavy atom. The van der Waals surface area contributed by atoms with Gasteiger partial charge in [0.25, 0.3) is 5.91 Å². The van der Waals surface area contributed by atoms with Crippen molar-refractivity contribution >= 4 is 22.8 Å². The van der Waals surface area contributed by atoms with Gasteiger partial charge in [0.05, 0.1) is 16.8 Å². The summed E-state index contributed by atoms with van der Waals surface area (Å²) in [5.41, 5.74) is 1.46. The number of pyridine rings is 1. The molecule has 0 saturated carbocycles. The van der Waals surface area contributed by atoms with E-state index in [9.17, 15) is 27.2 Å². The standard InChI is InChI=1S/C21H16F4N2O3/c1-12(19(28)26-11-21(23,24)25)30-20(29)16-10-18(13-6-8-14(22)9-7-13)27-17-5-3-2-4-15(16)17/h2-10,12H,11H2,1H3,(H,26,28). The summed E-state index contributed by atoms with van der Waals surface area (Å²) in [5, 5.41) is 2.11. The Balaban J connectivity index is 1.89. The largest absolute Gasteiger partial charge is 0.449 e. The second-order valence-electron chi connectivity index (χ2n) is 6.46. The topological polar surface area (TPSA) is 68.3 Å². The fraction of sp³-hybridized carbons (Fsp3) is 0.190. The molecule has 1 aromatic heterocycles. The highest BCUT2D eigenvalue weighted by Crippen LogP contribution is 2.26. The number of halogens is 4. The molecule has 0 aliphatic heterocycles. The molecule has 3 aromatic rings. The highest BCUT2D eigenvalue weighted by molar-refractivity contribution is 6.05. The molecule has 9 heteroatoms. The van der Waals surface area contributed by atoms with Crippen LogP contribution in [0.25, 0.3) is 22.2 Å². The van der Waals surface area contributed by atoms with Gasteiger partial charge in [0.2, 0.25) is 0 Å². The number of para-hydroxylation sites is 1. The molecular weight excluding hydrogens is 404 g/mol. The first-order valence-electron chi connectivity index (χ1n) is 8.85. The van der Waals surface area contributed by atoms with Crippen LogP contribution in [0, 0.1) is 5.82 Å². The summed E-state index contributed by atoms with van der Waals surface area (Å²) in [7, 11) is 0. The van der Waals surface area contributed by atoms with Crippen LogP contribution in [0.2, 0.25) is 0 Å². The van der Waals surface area contributed by atoms with Gasteiger partial charge < -0.3 is 10.1 Å². The third kappa shape index (κ3) is 5.11. The van der Waals surface area contributed by atoms with Gasteiger partial charge in [-0.3, -0.25) is 4.79 Å². The average Bonchev–Trinajstić information content (AvgIpc) is 2.71. The zero-order valence-corrected chi connectivity index (χ0v) is 15.7. The number of aromatic nitrogens is 1. The lowest BCUT2D eigenvalue weighted by molar-refractivity contribution is -0.143. The number of nitrogens with one attached hydrogen (secondary N) is 1. The summed E-state index contributed by atoms with van der Waals surface area (Å²) in [4.78, 5) is 29.0. The number of amides is 1. The Morgan fingerprint density at radius 2 is 1.77 bits per heavy atom. The van der Waals surface area contributed by atoms with Gasteiger partial charge >= 0.3 is 12.1 Å². The maximum absolute atomic E-state index is 13.2. The highest BCUT2D eigenvalue weighted by Gasteiger charge is 2.30. The van der Waals surface area contributed by atoms with Crippen molar-refractivity contribution in [3.05, 3.63) is 66.0 Å². The van der Waals surface area contributed by atoms with E-state index in [0.717, 1.165) is 0 Å². The van der Waals surface area contributed by atoms with Crippen molar-refractivity contribution in [1.82, 2.24) is 10.3 Å². The summed E-state index contributed by atoms with van der Waals surface area (Å²) in [6.45, 7) is -0.353. The summed E-state index contributed by atoms with van der Waals surface area (Å²) in [6, 6.07) is 13.6. The molecule has 1 heterocycles. The van der Waals surface area contributed by atoms with Crippen LogP contribution in [0.4, 0.5) is 17.6 Å². The number of hydrogen-bond acceptors (Lipinski definition) is 4. The molecule has 1 amide bonds. The van der Waals surface area contributed by atoms with Crippen molar-refractivity contribution in [3.8, 4) is 11.3 Å². The summed E-state index contributed by atoms with van der Waals surface area (Å²) >= 11 is 0. The molecular formula is C21H16F4N2O3. The third-order valence-corrected chi connectivity index (χ3v) is 4.19. The first-order chi connectivity index (χ1) is 14.1. The molecule has 0 aliphatic carbocycles. The van der Waals surface area contributed by atoms with E-state index in [1.165, 1.54) is 37.3 Å². The molecule has 2 aromatic carbocycles. The second kappa shape index (κ2) is 8.48. The van der Waals surface area contributed by atoms with Crippen molar-refractivity contribution in [2.75, 3.05) is 6.54 Å². The lowest BCUT2D eigenvalue weighted by Crippen LogP contribution is -2.40. The number of benzene rings is 2. The van der Waals surface area contributed by atoms with Crippen molar-refractivity contribution in [2.45, 2.75) is 19.2 Å². The molecule has 3 rings (SSSR count). The van der Waals surface area contributed by atoms with Gasteiger partial charge in [0.1, 0.15) is 12.4 Å². The molecule has 1 unspecified atom stereocenters. The smallest absolute Gasteiger partial charge is 0.405 e. The SMILES string of the molecule is CC(OC(=O)c1cc(-c2ccc(F)cc2)nc2ccccc12)C(=O)NCC(F)(F)F. The number of hydrogen-bond donors (Lipinski definition) is 1. The van der Waals surface area contributed by atoms with E-state index in [1.807, 2.05) is 0 Å². The summed E-state index contributed by atoms with van der Waals surface area (Å²) < 4.78 is 55.1. The van der Waals surface area contributed by atoms with E-state index >= 15 is 0 Å². The van der Waals surface area contributed by atoms with Gasteiger partial charge in [0.15, 0.2) is 6.10 Å². The van der Waals surface area contributed by atoms with Gasteiger partial charge in [-0.1, -0.05) is 18.2 Å². The second-order valence-corrected chi connectivity index (χ2v) is 6.46. The Kier molecular flexibility index (Phi) is 6.00. The molecule has 156 valence electrons. The zero-order valence-electron chi connectivity index (χ0n) is 15.7. The first kappa shape index (κ1) is 21.2. The van der Waals surface area contributed by atoms with Gasteiger partial charge in [-0.15, -0.1) is 0 Å². The lowest BCUT2D eigenvalue weighted by Gasteiger charge is -2.15. The maximum atomic E-state index is 13.2. The van der Waals surface area contributed by atoms with Crippen LogP contribution in [0.15, 0.2) is 54.6 Å². The first-order valence-corrected chi connectivity index (χ1v) is 8.85. The van der Waals surface area contributed by atoms with E-state index in [2.05, 4.69) is 4.98 Å². The molecule has 0 bridgehead atoms. The average molecular weight is 420 g/mol. The molecule has 0 spiro atoms. The number of carbonyl (C=O) groups excluding carboxylic acids is 2. The van der Waals surface area contributed by atoms with Crippen molar-refractivity contribution < 1.29 is 31.9 Å². The number of ether oxygens (including phenoxy) is 1. The third-order valence-electron chi connectivity index (χ3n) is 4.19. The fourth-order valence-corrected chi connectivity index (χ4v) is 2.72. The van der Waals surface area contributed by atoms with Gasteiger partial charge in [-0.05, 0) is 43.3 Å². The quantitative estimate of drug-likeness (QED) is 0.495. The molecule has 0 aliphatic rings. The van der Waals surface area contributed by atoms with E-state index < -0.39 is 36.5 Å². The van der Waals surface area contributed by atoms with Crippen molar-refractivity contribution in [1.29, 1.82) is 0 Å². The van der Waals surface area contributed by atoms with E-state index in [-0.39, 0.29) is 5.56 Å². The van der Waals surface area contributed by atoms with E-state index in [4.69, 9.17) is 4.74 Å². The predicted octanol–water partition coefficient (Wildman–Crippen LogP) is 4.26. The lowest BCUT2D eigenvalue weighted by atomic mass is 10.0. The van der Waals surface area contributed by atoms with Crippen molar-refractivity contribution in [3.63, 3.8) is 0 Å². The zero-order chi connectivity index (χ0) is 21.9. The maximum Gasteiger partial charge on any atom is 0.405 e. The molecule has 1 N–H and O–H groups in total. The van der Waals surface area contributed by atoms with Gasteiger partial charge in [0, 0.05) is 10.9 Å². The number of rotatable bonds is 5. The Hall–Kier alpha value is -3.49. The summed E-state index contributed by atoms with van der Waals surface area (Å²) in [5.74, 6) is -2.40. The number of carbonyl (C=O) groups is 2. The predicted molar refractivity (Wildman–Crippen MR) is 101 cm³/mol. The minimum atomic E-state index is -4.58. The number of nitrogens with zero attached hydrogens (tertiary/aromatic N) is 1. The van der Waals surface area contributed by atoms with Gasteiger partial charge in [-0.2, -0.15) is 13.2 Å². The highest BCUT2D eigenvalue weighted by atomic mass is 19.4. The normalized spacial score (nSPS) is 12.4. The van der Waals surface area contributed by atoms with Crippen LogP contribution in [-0.2, 0) is 9.53 Å². The monoisotopic (exact) mass is 420 g/mol. The molecule has 1 atom stereocenters. The fourth-order valence-electron chi connectivity index (χ4n) is 2.72. The molecule has 0 saturated heterocycles. The summed E-state index contributed by atoms with van der Waals surface area (Å²) in [6.07, 6.45) is -6.02. The van der Waals surface area contributed by atoms with Gasteiger partial charge in [-0.25, -0.2) is 14.2 Å². The Labute approximate surface area is 168 Å². The Morgan fingerprint density at radius 3 is 2.43 bits per heavy atom. The number of alkyl halides is 3. The molecule has 0 fully saturated rings. The van der Waals surface area contributed by atoms with Crippen LogP contribution in [0.1, 0.15) is 17.3 Å². The van der Waals surface area contributed by atoms with Crippen LogP contribution in [0.3, 0.4) is 0 Å². The van der Waals surface area contributed by atoms with Crippen LogP contribution in [0.5, 0.6) is 0 Å². The van der Waals surface area contributed by atoms with Crippen LogP contribution < -0.4 is 5.32 Å². The number of esters is 1. The van der Waals surface area contributed by atoms with Crippen LogP contribution >= 0.6 is 0 Å². The van der Waals surface area contributed by atoms with Crippen molar-refractivity contribution in [2.24, 2.45) is 0 Å². The van der Waals surface area contributed by atoms with Crippen LogP contribution in [-0.4, -0.2) is 35.7 Å². The molecule has 30 heavy (non-hydrogen) atoms.